The van der Waals surface area contributed by atoms with Gasteiger partial charge >= 0.3 is 5.97 Å². The summed E-state index contributed by atoms with van der Waals surface area (Å²) >= 11 is 12.1. The van der Waals surface area contributed by atoms with Crippen LogP contribution >= 0.6 is 23.2 Å². The van der Waals surface area contributed by atoms with Crippen LogP contribution in [0, 0.1) is 19.8 Å². The van der Waals surface area contributed by atoms with E-state index in [1.165, 1.54) is 6.92 Å². The summed E-state index contributed by atoms with van der Waals surface area (Å²) < 4.78 is 27.1. The molecule has 0 aliphatic carbocycles. The first kappa shape index (κ1) is 18.2. The van der Waals surface area contributed by atoms with E-state index in [1.54, 1.807) is 26.8 Å². The number of carboxylic acids is 1. The molecule has 0 aliphatic rings. The Morgan fingerprint density at radius 2 is 1.81 bits per heavy atom. The van der Waals surface area contributed by atoms with E-state index in [4.69, 9.17) is 28.3 Å². The topological polar surface area (TPSA) is 83.5 Å². The van der Waals surface area contributed by atoms with Crippen molar-refractivity contribution in [1.82, 2.24) is 4.72 Å². The maximum absolute atomic E-state index is 12.5. The largest absolute Gasteiger partial charge is 0.480 e. The number of aliphatic carboxylic acids is 1. The number of sulfonamides is 1. The molecule has 0 unspecified atom stereocenters. The standard InChI is InChI=1S/C13H17Cl2NO4S/c1-6(2)11(13(17)18)16-21(19,20)12-8(4)9(14)5-7(3)10(12)15/h5-6,11,16H,1-4H3,(H,17,18)/t11-/m0/s1. The smallest absolute Gasteiger partial charge is 0.322 e. The first-order valence-electron chi connectivity index (χ1n) is 6.19. The van der Waals surface area contributed by atoms with Crippen LogP contribution in [0.15, 0.2) is 11.0 Å². The zero-order valence-corrected chi connectivity index (χ0v) is 14.4. The summed E-state index contributed by atoms with van der Waals surface area (Å²) in [5.74, 6) is -1.67. The molecule has 1 aromatic carbocycles. The minimum absolute atomic E-state index is 0.0392. The molecule has 0 aromatic heterocycles. The van der Waals surface area contributed by atoms with Crippen LogP contribution in [0.5, 0.6) is 0 Å². The van der Waals surface area contributed by atoms with E-state index >= 15 is 0 Å². The maximum Gasteiger partial charge on any atom is 0.322 e. The average Bonchev–Trinajstić information content (AvgIpc) is 2.33. The van der Waals surface area contributed by atoms with Crippen molar-refractivity contribution in [3.8, 4) is 0 Å². The monoisotopic (exact) mass is 353 g/mol. The molecule has 0 saturated heterocycles. The van der Waals surface area contributed by atoms with Gasteiger partial charge in [0.25, 0.3) is 0 Å². The van der Waals surface area contributed by atoms with Crippen LogP contribution in [0.4, 0.5) is 0 Å². The number of hydrogen-bond donors (Lipinski definition) is 2. The van der Waals surface area contributed by atoms with Crippen molar-refractivity contribution in [2.75, 3.05) is 0 Å². The Labute approximate surface area is 134 Å². The molecule has 21 heavy (non-hydrogen) atoms. The van der Waals surface area contributed by atoms with Gasteiger partial charge in [-0.05, 0) is 37.0 Å². The summed E-state index contributed by atoms with van der Waals surface area (Å²) in [6.45, 7) is 6.37. The van der Waals surface area contributed by atoms with Crippen LogP contribution in [0.25, 0.3) is 0 Å². The van der Waals surface area contributed by atoms with Gasteiger partial charge in [-0.2, -0.15) is 4.72 Å². The third-order valence-corrected chi connectivity index (χ3v) is 5.67. The van der Waals surface area contributed by atoms with Crippen LogP contribution in [0.2, 0.25) is 10.0 Å². The van der Waals surface area contributed by atoms with Gasteiger partial charge in [0, 0.05) is 5.02 Å². The van der Waals surface area contributed by atoms with E-state index in [0.717, 1.165) is 0 Å². The van der Waals surface area contributed by atoms with Gasteiger partial charge in [-0.25, -0.2) is 8.42 Å². The van der Waals surface area contributed by atoms with Crippen LogP contribution in [0.1, 0.15) is 25.0 Å². The lowest BCUT2D eigenvalue weighted by molar-refractivity contribution is -0.140. The molecule has 0 spiro atoms. The van der Waals surface area contributed by atoms with Crippen LogP contribution < -0.4 is 4.72 Å². The molecule has 0 amide bonds. The van der Waals surface area contributed by atoms with Gasteiger partial charge in [0.05, 0.1) is 5.02 Å². The molecule has 1 atom stereocenters. The second-order valence-electron chi connectivity index (χ2n) is 5.12. The van der Waals surface area contributed by atoms with Gasteiger partial charge in [0.15, 0.2) is 0 Å². The Morgan fingerprint density at radius 1 is 1.29 bits per heavy atom. The molecule has 0 heterocycles. The highest BCUT2D eigenvalue weighted by Gasteiger charge is 2.31. The number of carboxylic acid groups (broad SMARTS) is 1. The number of carbonyl (C=O) groups is 1. The summed E-state index contributed by atoms with van der Waals surface area (Å²) in [6.07, 6.45) is 0. The first-order chi connectivity index (χ1) is 9.49. The second-order valence-corrected chi connectivity index (χ2v) is 7.56. The Balaban J connectivity index is 3.42. The molecule has 0 fully saturated rings. The average molecular weight is 354 g/mol. The van der Waals surface area contributed by atoms with Crippen molar-refractivity contribution in [3.63, 3.8) is 0 Å². The first-order valence-corrected chi connectivity index (χ1v) is 8.43. The Bertz CT molecular complexity index is 645. The van der Waals surface area contributed by atoms with Crippen LogP contribution in [-0.2, 0) is 14.8 Å². The Morgan fingerprint density at radius 3 is 2.24 bits per heavy atom. The molecule has 2 N–H and O–H groups in total. The van der Waals surface area contributed by atoms with Gasteiger partial charge in [-0.15, -0.1) is 0 Å². The molecule has 1 aromatic rings. The quantitative estimate of drug-likeness (QED) is 0.852. The fourth-order valence-electron chi connectivity index (χ4n) is 1.83. The SMILES string of the molecule is Cc1cc(Cl)c(C)c(S(=O)(=O)N[C@H](C(=O)O)C(C)C)c1Cl. The summed E-state index contributed by atoms with van der Waals surface area (Å²) in [7, 11) is -4.10. The second kappa shape index (κ2) is 6.52. The van der Waals surface area contributed by atoms with E-state index in [1.807, 2.05) is 0 Å². The third-order valence-electron chi connectivity index (χ3n) is 3.07. The number of aryl methyl sites for hydroxylation is 1. The minimum atomic E-state index is -4.10. The zero-order valence-electron chi connectivity index (χ0n) is 12.1. The van der Waals surface area contributed by atoms with Gasteiger partial charge < -0.3 is 5.11 Å². The highest BCUT2D eigenvalue weighted by atomic mass is 35.5. The van der Waals surface area contributed by atoms with E-state index < -0.39 is 28.0 Å². The van der Waals surface area contributed by atoms with Crippen molar-refractivity contribution in [2.45, 2.75) is 38.6 Å². The fraction of sp³-hybridized carbons (Fsp3) is 0.462. The van der Waals surface area contributed by atoms with Gasteiger partial charge in [0.1, 0.15) is 10.9 Å². The fourth-order valence-corrected chi connectivity index (χ4v) is 4.38. The summed E-state index contributed by atoms with van der Waals surface area (Å²) in [5.41, 5.74) is 0.789. The highest BCUT2D eigenvalue weighted by Crippen LogP contribution is 2.33. The Hall–Kier alpha value is -0.820. The van der Waals surface area contributed by atoms with E-state index in [2.05, 4.69) is 4.72 Å². The number of rotatable bonds is 5. The van der Waals surface area contributed by atoms with Gasteiger partial charge in [0.2, 0.25) is 10.0 Å². The minimum Gasteiger partial charge on any atom is -0.480 e. The van der Waals surface area contributed by atoms with Crippen molar-refractivity contribution in [1.29, 1.82) is 0 Å². The van der Waals surface area contributed by atoms with Crippen molar-refractivity contribution in [2.24, 2.45) is 5.92 Å². The maximum atomic E-state index is 12.5. The van der Waals surface area contributed by atoms with Gasteiger partial charge in [-0.3, -0.25) is 4.79 Å². The lowest BCUT2D eigenvalue weighted by Crippen LogP contribution is -2.44. The Kier molecular flexibility index (Phi) is 5.66. The third kappa shape index (κ3) is 3.88. The molecule has 0 bridgehead atoms. The van der Waals surface area contributed by atoms with Crippen molar-refractivity contribution >= 4 is 39.2 Å². The zero-order chi connectivity index (χ0) is 16.5. The molecule has 0 aliphatic heterocycles. The summed E-state index contributed by atoms with van der Waals surface area (Å²) in [5, 5.41) is 9.41. The molecule has 8 heteroatoms. The molecule has 0 saturated carbocycles. The lowest BCUT2D eigenvalue weighted by Gasteiger charge is -2.20. The van der Waals surface area contributed by atoms with Crippen LogP contribution in [0.3, 0.4) is 0 Å². The molecular weight excluding hydrogens is 337 g/mol. The number of hydrogen-bond acceptors (Lipinski definition) is 3. The molecule has 0 radical (unpaired) electrons. The summed E-state index contributed by atoms with van der Waals surface area (Å²) in [6, 6.07) is 0.319. The molecule has 5 nitrogen and oxygen atoms in total. The van der Waals surface area contributed by atoms with Crippen LogP contribution in [-0.4, -0.2) is 25.5 Å². The predicted molar refractivity (Wildman–Crippen MR) is 82.5 cm³/mol. The van der Waals surface area contributed by atoms with E-state index in [-0.39, 0.29) is 20.5 Å². The van der Waals surface area contributed by atoms with Gasteiger partial charge in [-0.1, -0.05) is 37.0 Å². The van der Waals surface area contributed by atoms with Crippen molar-refractivity contribution < 1.29 is 18.3 Å². The number of halogens is 2. The molecule has 1 rings (SSSR count). The van der Waals surface area contributed by atoms with E-state index in [9.17, 15) is 13.2 Å². The number of nitrogens with one attached hydrogen (secondary N) is 1. The normalized spacial score (nSPS) is 13.5. The highest BCUT2D eigenvalue weighted by molar-refractivity contribution is 7.89. The predicted octanol–water partition coefficient (Wildman–Crippen LogP) is 3.00. The summed E-state index contributed by atoms with van der Waals surface area (Å²) in [4.78, 5) is 11.0. The molecular formula is C13H17Cl2NO4S. The van der Waals surface area contributed by atoms with E-state index in [0.29, 0.717) is 5.56 Å². The van der Waals surface area contributed by atoms with Crippen molar-refractivity contribution in [3.05, 3.63) is 27.2 Å². The number of benzene rings is 1. The molecule has 118 valence electrons. The lowest BCUT2D eigenvalue weighted by atomic mass is 10.1.